The van der Waals surface area contributed by atoms with Gasteiger partial charge in [0, 0.05) is 24.8 Å². The lowest BCUT2D eigenvalue weighted by Crippen LogP contribution is -2.57. The minimum Gasteiger partial charge on any atom is -0.481 e. The Morgan fingerprint density at radius 3 is 2.74 bits per heavy atom. The molecule has 0 spiro atoms. The molecule has 2 N–H and O–H groups in total. The van der Waals surface area contributed by atoms with E-state index in [1.807, 2.05) is 0 Å². The van der Waals surface area contributed by atoms with Gasteiger partial charge in [-0.3, -0.25) is 4.79 Å². The molecule has 1 aliphatic heterocycles. The molecule has 1 aliphatic rings. The van der Waals surface area contributed by atoms with Crippen molar-refractivity contribution in [1.82, 2.24) is 5.32 Å². The molecule has 2 unspecified atom stereocenters. The topological polar surface area (TPSA) is 52.6 Å². The van der Waals surface area contributed by atoms with Gasteiger partial charge in [-0.05, 0) is 44.0 Å². The van der Waals surface area contributed by atoms with E-state index >= 15 is 0 Å². The molecule has 19 heavy (non-hydrogen) atoms. The maximum atomic E-state index is 11.0. The van der Waals surface area contributed by atoms with Gasteiger partial charge in [-0.2, -0.15) is 0 Å². The average molecular weight is 262 g/mol. The summed E-state index contributed by atoms with van der Waals surface area (Å²) in [5.74, 6) is -0.741. The maximum Gasteiger partial charge on any atom is 0.305 e. The number of aryl methyl sites for hydroxylation is 2. The first kappa shape index (κ1) is 13.9. The Balaban J connectivity index is 2.30. The first-order valence-electron chi connectivity index (χ1n) is 6.77. The Morgan fingerprint density at radius 1 is 1.37 bits per heavy atom. The fraction of sp³-hybridized carbons (Fsp3) is 0.533. The number of carbonyl (C=O) groups is 1. The first-order valence-corrected chi connectivity index (χ1v) is 6.77. The predicted octanol–water partition coefficient (Wildman–Crippen LogP) is 1.94. The molecule has 4 heteroatoms. The highest BCUT2D eigenvalue weighted by Crippen LogP contribution is 2.25. The van der Waals surface area contributed by atoms with E-state index in [0.29, 0.717) is 6.04 Å². The molecular weight excluding hydrogens is 240 g/mol. The molecule has 1 fully saturated rings. The summed E-state index contributed by atoms with van der Waals surface area (Å²) in [5, 5.41) is 12.4. The number of nitrogens with zero attached hydrogens (tertiary/aromatic N) is 1. The standard InChI is InChI=1S/C15H22N2O2/c1-10-4-5-13(6-11(10)2)17-12(3)8-16-9-14(17)7-15(18)19/h4-6,12,14,16H,7-9H2,1-3H3,(H,18,19). The highest BCUT2D eigenvalue weighted by molar-refractivity contribution is 5.69. The van der Waals surface area contributed by atoms with Crippen molar-refractivity contribution in [3.8, 4) is 0 Å². The lowest BCUT2D eigenvalue weighted by Gasteiger charge is -2.42. The van der Waals surface area contributed by atoms with Gasteiger partial charge < -0.3 is 15.3 Å². The molecule has 4 nitrogen and oxygen atoms in total. The fourth-order valence-corrected chi connectivity index (χ4v) is 2.74. The number of carboxylic acids is 1. The second-order valence-corrected chi connectivity index (χ2v) is 5.43. The van der Waals surface area contributed by atoms with Crippen molar-refractivity contribution in [2.45, 2.75) is 39.3 Å². The highest BCUT2D eigenvalue weighted by Gasteiger charge is 2.29. The number of hydrogen-bond donors (Lipinski definition) is 2. The van der Waals surface area contributed by atoms with Crippen molar-refractivity contribution < 1.29 is 9.90 Å². The summed E-state index contributed by atoms with van der Waals surface area (Å²) < 4.78 is 0. The fourth-order valence-electron chi connectivity index (χ4n) is 2.74. The van der Waals surface area contributed by atoms with Crippen molar-refractivity contribution in [1.29, 1.82) is 0 Å². The summed E-state index contributed by atoms with van der Waals surface area (Å²) >= 11 is 0. The zero-order valence-corrected chi connectivity index (χ0v) is 11.8. The van der Waals surface area contributed by atoms with E-state index in [-0.39, 0.29) is 12.5 Å². The van der Waals surface area contributed by atoms with Crippen LogP contribution >= 0.6 is 0 Å². The van der Waals surface area contributed by atoms with E-state index in [0.717, 1.165) is 18.8 Å². The molecule has 1 heterocycles. The van der Waals surface area contributed by atoms with Gasteiger partial charge in [-0.25, -0.2) is 0 Å². The van der Waals surface area contributed by atoms with Crippen LogP contribution in [-0.2, 0) is 4.79 Å². The van der Waals surface area contributed by atoms with Crippen LogP contribution in [0.1, 0.15) is 24.5 Å². The number of aliphatic carboxylic acids is 1. The van der Waals surface area contributed by atoms with Gasteiger partial charge in [0.25, 0.3) is 0 Å². The summed E-state index contributed by atoms with van der Waals surface area (Å²) in [6, 6.07) is 6.69. The molecule has 1 saturated heterocycles. The number of hydrogen-bond acceptors (Lipinski definition) is 3. The Morgan fingerprint density at radius 2 is 2.11 bits per heavy atom. The summed E-state index contributed by atoms with van der Waals surface area (Å²) in [5.41, 5.74) is 3.64. The van der Waals surface area contributed by atoms with E-state index < -0.39 is 5.97 Å². The van der Waals surface area contributed by atoms with E-state index in [1.54, 1.807) is 0 Å². The van der Waals surface area contributed by atoms with Crippen molar-refractivity contribution >= 4 is 11.7 Å². The largest absolute Gasteiger partial charge is 0.481 e. The summed E-state index contributed by atoms with van der Waals surface area (Å²) in [7, 11) is 0. The van der Waals surface area contributed by atoms with E-state index in [4.69, 9.17) is 5.11 Å². The third kappa shape index (κ3) is 3.07. The zero-order valence-electron chi connectivity index (χ0n) is 11.8. The van der Waals surface area contributed by atoms with Crippen LogP contribution < -0.4 is 10.2 Å². The molecule has 104 valence electrons. The van der Waals surface area contributed by atoms with Crippen LogP contribution in [-0.4, -0.2) is 36.2 Å². The quantitative estimate of drug-likeness (QED) is 0.874. The van der Waals surface area contributed by atoms with Crippen LogP contribution in [0, 0.1) is 13.8 Å². The third-order valence-corrected chi connectivity index (χ3v) is 3.89. The number of nitrogens with one attached hydrogen (secondary N) is 1. The predicted molar refractivity (Wildman–Crippen MR) is 76.8 cm³/mol. The molecule has 1 aromatic rings. The molecule has 0 amide bonds. The molecular formula is C15H22N2O2. The number of rotatable bonds is 3. The second kappa shape index (κ2) is 5.61. The van der Waals surface area contributed by atoms with Gasteiger partial charge in [0.15, 0.2) is 0 Å². The molecule has 1 aromatic carbocycles. The number of benzene rings is 1. The molecule has 2 atom stereocenters. The Labute approximate surface area is 114 Å². The monoisotopic (exact) mass is 262 g/mol. The lowest BCUT2D eigenvalue weighted by molar-refractivity contribution is -0.137. The molecule has 0 aromatic heterocycles. The van der Waals surface area contributed by atoms with E-state index in [1.165, 1.54) is 11.1 Å². The maximum absolute atomic E-state index is 11.0. The Bertz CT molecular complexity index is 473. The van der Waals surface area contributed by atoms with Gasteiger partial charge in [0.05, 0.1) is 12.5 Å². The van der Waals surface area contributed by atoms with Gasteiger partial charge in [0.1, 0.15) is 0 Å². The van der Waals surface area contributed by atoms with Gasteiger partial charge in [-0.1, -0.05) is 6.07 Å². The lowest BCUT2D eigenvalue weighted by atomic mass is 10.0. The van der Waals surface area contributed by atoms with Crippen molar-refractivity contribution in [2.24, 2.45) is 0 Å². The first-order chi connectivity index (χ1) is 8.99. The van der Waals surface area contributed by atoms with Crippen LogP contribution in [0.25, 0.3) is 0 Å². The van der Waals surface area contributed by atoms with Crippen molar-refractivity contribution in [3.05, 3.63) is 29.3 Å². The van der Waals surface area contributed by atoms with Crippen molar-refractivity contribution in [3.63, 3.8) is 0 Å². The van der Waals surface area contributed by atoms with Crippen LogP contribution in [0.5, 0.6) is 0 Å². The Hall–Kier alpha value is -1.55. The Kier molecular flexibility index (Phi) is 4.10. The number of piperazine rings is 1. The van der Waals surface area contributed by atoms with Gasteiger partial charge in [-0.15, -0.1) is 0 Å². The van der Waals surface area contributed by atoms with Crippen LogP contribution in [0.2, 0.25) is 0 Å². The van der Waals surface area contributed by atoms with Gasteiger partial charge >= 0.3 is 5.97 Å². The van der Waals surface area contributed by atoms with Crippen LogP contribution in [0.3, 0.4) is 0 Å². The average Bonchev–Trinajstić information content (AvgIpc) is 2.32. The molecule has 0 aliphatic carbocycles. The molecule has 0 bridgehead atoms. The van der Waals surface area contributed by atoms with Crippen molar-refractivity contribution in [2.75, 3.05) is 18.0 Å². The third-order valence-electron chi connectivity index (χ3n) is 3.89. The van der Waals surface area contributed by atoms with Crippen LogP contribution in [0.4, 0.5) is 5.69 Å². The summed E-state index contributed by atoms with van der Waals surface area (Å²) in [4.78, 5) is 13.3. The summed E-state index contributed by atoms with van der Waals surface area (Å²) in [6.07, 6.45) is 0.171. The minimum atomic E-state index is -0.741. The molecule has 2 rings (SSSR count). The van der Waals surface area contributed by atoms with Gasteiger partial charge in [0.2, 0.25) is 0 Å². The highest BCUT2D eigenvalue weighted by atomic mass is 16.4. The molecule has 0 radical (unpaired) electrons. The normalized spacial score (nSPS) is 23.4. The second-order valence-electron chi connectivity index (χ2n) is 5.43. The van der Waals surface area contributed by atoms with E-state index in [9.17, 15) is 4.79 Å². The van der Waals surface area contributed by atoms with Crippen LogP contribution in [0.15, 0.2) is 18.2 Å². The zero-order chi connectivity index (χ0) is 14.0. The molecule has 0 saturated carbocycles. The number of anilines is 1. The summed E-state index contributed by atoms with van der Waals surface area (Å²) in [6.45, 7) is 7.94. The minimum absolute atomic E-state index is 0.0170. The SMILES string of the molecule is Cc1ccc(N2C(C)CNCC2CC(=O)O)cc1C. The smallest absolute Gasteiger partial charge is 0.305 e. The van der Waals surface area contributed by atoms with E-state index in [2.05, 4.69) is 49.2 Å². The number of carboxylic acid groups (broad SMARTS) is 1.